The zero-order chi connectivity index (χ0) is 14.7. The molecule has 2 aliphatic rings. The summed E-state index contributed by atoms with van der Waals surface area (Å²) in [4.78, 5) is 1.17. The third-order valence-corrected chi connectivity index (χ3v) is 6.14. The molecule has 1 aromatic carbocycles. The first-order chi connectivity index (χ1) is 10.2. The van der Waals surface area contributed by atoms with Crippen LogP contribution in [0.4, 0.5) is 0 Å². The Morgan fingerprint density at radius 2 is 2.00 bits per heavy atom. The highest BCUT2D eigenvalue weighted by molar-refractivity contribution is 9.10. The summed E-state index contributed by atoms with van der Waals surface area (Å²) >= 11 is 5.24. The third-order valence-electron chi connectivity index (χ3n) is 4.22. The molecule has 0 unspecified atom stereocenters. The smallest absolute Gasteiger partial charge is 0.168 e. The Kier molecular flexibility index (Phi) is 4.90. The molecule has 1 heterocycles. The van der Waals surface area contributed by atoms with Gasteiger partial charge >= 0.3 is 0 Å². The van der Waals surface area contributed by atoms with Crippen LogP contribution in [0.25, 0.3) is 0 Å². The highest BCUT2D eigenvalue weighted by Gasteiger charge is 2.40. The zero-order valence-electron chi connectivity index (χ0n) is 11.8. The lowest BCUT2D eigenvalue weighted by Gasteiger charge is -2.35. The summed E-state index contributed by atoms with van der Waals surface area (Å²) in [6.07, 6.45) is 4.35. The monoisotopic (exact) mass is 367 g/mol. The Hall–Kier alpha value is -0.540. The molecule has 5 heteroatoms. The van der Waals surface area contributed by atoms with Gasteiger partial charge in [-0.2, -0.15) is 5.26 Å². The minimum absolute atomic E-state index is 0.257. The average Bonchev–Trinajstić information content (AvgIpc) is 2.96. The van der Waals surface area contributed by atoms with Crippen molar-refractivity contribution in [2.45, 2.75) is 36.4 Å². The topological polar surface area (TPSA) is 42.2 Å². The molecule has 0 radical (unpaired) electrons. The van der Waals surface area contributed by atoms with Gasteiger partial charge in [0, 0.05) is 28.0 Å². The van der Waals surface area contributed by atoms with Crippen LogP contribution in [0.1, 0.15) is 31.2 Å². The van der Waals surface area contributed by atoms with E-state index in [1.54, 1.807) is 0 Å². The Morgan fingerprint density at radius 1 is 1.29 bits per heavy atom. The quantitative estimate of drug-likeness (QED) is 0.744. The van der Waals surface area contributed by atoms with Gasteiger partial charge in [-0.3, -0.25) is 0 Å². The molecule has 0 bridgehead atoms. The molecule has 21 heavy (non-hydrogen) atoms. The number of nitriles is 1. The van der Waals surface area contributed by atoms with Crippen molar-refractivity contribution in [3.8, 4) is 6.07 Å². The second-order valence-corrected chi connectivity index (χ2v) is 7.56. The Morgan fingerprint density at radius 3 is 2.67 bits per heavy atom. The van der Waals surface area contributed by atoms with Crippen molar-refractivity contribution >= 4 is 27.7 Å². The summed E-state index contributed by atoms with van der Waals surface area (Å²) in [6, 6.07) is 8.20. The SMILES string of the molecule is N#Cc1cc(SCC2CCC3(CC2)OCCO3)ccc1Br. The predicted molar refractivity (Wildman–Crippen MR) is 86.2 cm³/mol. The fourth-order valence-electron chi connectivity index (χ4n) is 2.96. The largest absolute Gasteiger partial charge is 0.348 e. The summed E-state index contributed by atoms with van der Waals surface area (Å²) in [5.74, 6) is 1.55. The fourth-order valence-corrected chi connectivity index (χ4v) is 4.43. The normalized spacial score (nSPS) is 21.5. The standard InChI is InChI=1S/C16H18BrNO2S/c17-15-2-1-14(9-13(15)10-18)21-11-12-3-5-16(6-4-12)19-7-8-20-16/h1-2,9,12H,3-8,11H2. The highest BCUT2D eigenvalue weighted by Crippen LogP contribution is 2.40. The van der Waals surface area contributed by atoms with Crippen molar-refractivity contribution in [3.05, 3.63) is 28.2 Å². The van der Waals surface area contributed by atoms with Crippen molar-refractivity contribution in [1.82, 2.24) is 0 Å². The number of thioether (sulfide) groups is 1. The summed E-state index contributed by atoms with van der Waals surface area (Å²) < 4.78 is 12.4. The Labute approximate surface area is 138 Å². The van der Waals surface area contributed by atoms with E-state index in [0.717, 1.165) is 49.1 Å². The minimum Gasteiger partial charge on any atom is -0.348 e. The van der Waals surface area contributed by atoms with Crippen molar-refractivity contribution in [3.63, 3.8) is 0 Å². The minimum atomic E-state index is -0.257. The molecule has 3 rings (SSSR count). The zero-order valence-corrected chi connectivity index (χ0v) is 14.2. The van der Waals surface area contributed by atoms with Crippen LogP contribution < -0.4 is 0 Å². The van der Waals surface area contributed by atoms with E-state index in [1.165, 1.54) is 4.90 Å². The Bertz CT molecular complexity index is 542. The number of ether oxygens (including phenoxy) is 2. The maximum Gasteiger partial charge on any atom is 0.168 e. The molecule has 0 aromatic heterocycles. The number of rotatable bonds is 3. The highest BCUT2D eigenvalue weighted by atomic mass is 79.9. The summed E-state index contributed by atoms with van der Waals surface area (Å²) in [5, 5.41) is 9.06. The number of hydrogen-bond donors (Lipinski definition) is 0. The summed E-state index contributed by atoms with van der Waals surface area (Å²) in [5.41, 5.74) is 0.704. The molecule has 1 spiro atoms. The van der Waals surface area contributed by atoms with E-state index in [-0.39, 0.29) is 5.79 Å². The maximum atomic E-state index is 9.06. The molecule has 0 atom stereocenters. The van der Waals surface area contributed by atoms with Crippen LogP contribution in [0.15, 0.2) is 27.6 Å². The van der Waals surface area contributed by atoms with Crippen molar-refractivity contribution in [2.75, 3.05) is 19.0 Å². The fraction of sp³-hybridized carbons (Fsp3) is 0.562. The molecule has 3 nitrogen and oxygen atoms in total. The van der Waals surface area contributed by atoms with Crippen LogP contribution in [-0.2, 0) is 9.47 Å². The van der Waals surface area contributed by atoms with Crippen LogP contribution in [0.3, 0.4) is 0 Å². The van der Waals surface area contributed by atoms with Gasteiger partial charge in [0.2, 0.25) is 0 Å². The molecular formula is C16H18BrNO2S. The second kappa shape index (κ2) is 6.70. The van der Waals surface area contributed by atoms with Crippen molar-refractivity contribution in [1.29, 1.82) is 5.26 Å². The first-order valence-electron chi connectivity index (χ1n) is 7.31. The van der Waals surface area contributed by atoms with Gasteiger partial charge in [0.25, 0.3) is 0 Å². The number of nitrogens with zero attached hydrogens (tertiary/aromatic N) is 1. The summed E-state index contributed by atoms with van der Waals surface area (Å²) in [7, 11) is 0. The van der Waals surface area contributed by atoms with E-state index in [9.17, 15) is 0 Å². The lowest BCUT2D eigenvalue weighted by molar-refractivity contribution is -0.181. The van der Waals surface area contributed by atoms with Gasteiger partial charge in [0.05, 0.1) is 18.8 Å². The van der Waals surface area contributed by atoms with Gasteiger partial charge in [0.1, 0.15) is 6.07 Å². The van der Waals surface area contributed by atoms with E-state index < -0.39 is 0 Å². The van der Waals surface area contributed by atoms with E-state index in [1.807, 2.05) is 23.9 Å². The maximum absolute atomic E-state index is 9.06. The van der Waals surface area contributed by atoms with Crippen LogP contribution in [0.2, 0.25) is 0 Å². The predicted octanol–water partition coefficient (Wildman–Crippen LogP) is 4.35. The molecule has 1 aliphatic carbocycles. The van der Waals surface area contributed by atoms with E-state index in [4.69, 9.17) is 14.7 Å². The van der Waals surface area contributed by atoms with Gasteiger partial charge in [-0.15, -0.1) is 11.8 Å². The number of benzene rings is 1. The molecule has 1 saturated heterocycles. The lowest BCUT2D eigenvalue weighted by atomic mass is 9.86. The molecule has 1 aromatic rings. The lowest BCUT2D eigenvalue weighted by Crippen LogP contribution is -2.35. The molecule has 0 amide bonds. The second-order valence-electron chi connectivity index (χ2n) is 5.62. The molecular weight excluding hydrogens is 350 g/mol. The van der Waals surface area contributed by atoms with E-state index >= 15 is 0 Å². The van der Waals surface area contributed by atoms with Gasteiger partial charge in [-0.1, -0.05) is 0 Å². The van der Waals surface area contributed by atoms with E-state index in [0.29, 0.717) is 11.5 Å². The van der Waals surface area contributed by atoms with Crippen molar-refractivity contribution < 1.29 is 9.47 Å². The first kappa shape index (κ1) is 15.4. The van der Waals surface area contributed by atoms with Gasteiger partial charge < -0.3 is 9.47 Å². The van der Waals surface area contributed by atoms with Crippen molar-refractivity contribution in [2.24, 2.45) is 5.92 Å². The third kappa shape index (κ3) is 3.62. The molecule has 2 fully saturated rings. The van der Waals surface area contributed by atoms with Crippen LogP contribution in [0.5, 0.6) is 0 Å². The Balaban J connectivity index is 1.51. The average molecular weight is 368 g/mol. The summed E-state index contributed by atoms with van der Waals surface area (Å²) in [6.45, 7) is 1.49. The molecule has 0 N–H and O–H groups in total. The number of halogens is 1. The molecule has 112 valence electrons. The number of hydrogen-bond acceptors (Lipinski definition) is 4. The van der Waals surface area contributed by atoms with Crippen LogP contribution in [-0.4, -0.2) is 24.8 Å². The van der Waals surface area contributed by atoms with E-state index in [2.05, 4.69) is 28.1 Å². The molecule has 1 aliphatic heterocycles. The first-order valence-corrected chi connectivity index (χ1v) is 9.09. The van der Waals surface area contributed by atoms with Crippen LogP contribution >= 0.6 is 27.7 Å². The van der Waals surface area contributed by atoms with Gasteiger partial charge in [0.15, 0.2) is 5.79 Å². The van der Waals surface area contributed by atoms with Gasteiger partial charge in [-0.05, 0) is 52.9 Å². The van der Waals surface area contributed by atoms with Gasteiger partial charge in [-0.25, -0.2) is 0 Å². The molecule has 1 saturated carbocycles. The van der Waals surface area contributed by atoms with Crippen LogP contribution in [0, 0.1) is 17.2 Å².